The SMILES string of the molecule is O=C(Cn1ncn2nc(-c3ccccc3)cc2c1=O)NCc1ccccc1F. The molecule has 0 aliphatic carbocycles. The molecular formula is C20H16FN5O2. The summed E-state index contributed by atoms with van der Waals surface area (Å²) in [6.07, 6.45) is 1.38. The van der Waals surface area contributed by atoms with E-state index in [0.29, 0.717) is 16.8 Å². The maximum absolute atomic E-state index is 13.6. The number of nitrogens with one attached hydrogen (secondary N) is 1. The quantitative estimate of drug-likeness (QED) is 0.577. The fourth-order valence-electron chi connectivity index (χ4n) is 2.83. The van der Waals surface area contributed by atoms with Crippen LogP contribution in [0.2, 0.25) is 0 Å². The molecule has 0 aliphatic rings. The van der Waals surface area contributed by atoms with Crippen molar-refractivity contribution < 1.29 is 9.18 Å². The first-order valence-corrected chi connectivity index (χ1v) is 8.63. The maximum atomic E-state index is 13.6. The number of nitrogens with zero attached hydrogens (tertiary/aromatic N) is 4. The first kappa shape index (κ1) is 17.6. The minimum atomic E-state index is -0.440. The highest BCUT2D eigenvalue weighted by atomic mass is 19.1. The molecule has 0 atom stereocenters. The summed E-state index contributed by atoms with van der Waals surface area (Å²) in [5.74, 6) is -0.836. The van der Waals surface area contributed by atoms with Gasteiger partial charge in [0, 0.05) is 17.7 Å². The highest BCUT2D eigenvalue weighted by molar-refractivity contribution is 5.75. The number of halogens is 1. The van der Waals surface area contributed by atoms with Crippen molar-refractivity contribution in [3.63, 3.8) is 0 Å². The van der Waals surface area contributed by atoms with E-state index in [1.54, 1.807) is 24.3 Å². The number of benzene rings is 2. The van der Waals surface area contributed by atoms with Crippen LogP contribution in [0.5, 0.6) is 0 Å². The molecule has 28 heavy (non-hydrogen) atoms. The number of hydrogen-bond donors (Lipinski definition) is 1. The summed E-state index contributed by atoms with van der Waals surface area (Å²) in [7, 11) is 0. The lowest BCUT2D eigenvalue weighted by atomic mass is 10.1. The third kappa shape index (κ3) is 3.52. The van der Waals surface area contributed by atoms with Gasteiger partial charge in [-0.3, -0.25) is 9.59 Å². The number of rotatable bonds is 5. The zero-order valence-corrected chi connectivity index (χ0v) is 14.7. The molecule has 0 aliphatic heterocycles. The third-order valence-electron chi connectivity index (χ3n) is 4.29. The van der Waals surface area contributed by atoms with Crippen LogP contribution in [0.15, 0.2) is 71.8 Å². The Bertz CT molecular complexity index is 1200. The molecule has 0 fully saturated rings. The van der Waals surface area contributed by atoms with Crippen molar-refractivity contribution >= 4 is 11.4 Å². The molecule has 0 saturated heterocycles. The predicted octanol–water partition coefficient (Wildman–Crippen LogP) is 2.01. The van der Waals surface area contributed by atoms with Crippen LogP contribution < -0.4 is 10.9 Å². The summed E-state index contributed by atoms with van der Waals surface area (Å²) in [6.45, 7) is -0.233. The van der Waals surface area contributed by atoms with E-state index in [2.05, 4.69) is 15.5 Å². The van der Waals surface area contributed by atoms with Gasteiger partial charge >= 0.3 is 0 Å². The van der Waals surface area contributed by atoms with Crippen LogP contribution >= 0.6 is 0 Å². The first-order chi connectivity index (χ1) is 13.6. The molecule has 1 N–H and O–H groups in total. The van der Waals surface area contributed by atoms with Crippen molar-refractivity contribution in [3.05, 3.63) is 88.7 Å². The second-order valence-electron chi connectivity index (χ2n) is 6.19. The summed E-state index contributed by atoms with van der Waals surface area (Å²) in [6, 6.07) is 17.3. The molecule has 0 unspecified atom stereocenters. The summed E-state index contributed by atoms with van der Waals surface area (Å²) in [4.78, 5) is 24.8. The molecular weight excluding hydrogens is 361 g/mol. The van der Waals surface area contributed by atoms with Gasteiger partial charge in [0.1, 0.15) is 24.2 Å². The Kier molecular flexibility index (Phi) is 4.67. The van der Waals surface area contributed by atoms with Crippen molar-refractivity contribution in [1.29, 1.82) is 0 Å². The average molecular weight is 377 g/mol. The van der Waals surface area contributed by atoms with Crippen molar-refractivity contribution in [2.75, 3.05) is 0 Å². The van der Waals surface area contributed by atoms with E-state index < -0.39 is 17.3 Å². The molecule has 1 amide bonds. The van der Waals surface area contributed by atoms with Crippen LogP contribution in [0.25, 0.3) is 16.8 Å². The average Bonchev–Trinajstić information content (AvgIpc) is 3.15. The zero-order chi connectivity index (χ0) is 19.5. The molecule has 2 aromatic heterocycles. The summed E-state index contributed by atoms with van der Waals surface area (Å²) < 4.78 is 16.1. The fraction of sp³-hybridized carbons (Fsp3) is 0.100. The molecule has 8 heteroatoms. The number of fused-ring (bicyclic) bond motifs is 1. The number of carbonyl (C=O) groups excluding carboxylic acids is 1. The van der Waals surface area contributed by atoms with Crippen LogP contribution in [-0.4, -0.2) is 25.3 Å². The molecule has 0 radical (unpaired) electrons. The van der Waals surface area contributed by atoms with Crippen LogP contribution in [-0.2, 0) is 17.9 Å². The van der Waals surface area contributed by atoms with E-state index >= 15 is 0 Å². The summed E-state index contributed by atoms with van der Waals surface area (Å²) in [5.41, 5.74) is 1.77. The Hall–Kier alpha value is -3.81. The monoisotopic (exact) mass is 377 g/mol. The third-order valence-corrected chi connectivity index (χ3v) is 4.29. The molecule has 2 aromatic carbocycles. The van der Waals surface area contributed by atoms with E-state index in [1.165, 1.54) is 16.9 Å². The van der Waals surface area contributed by atoms with E-state index in [1.807, 2.05) is 30.3 Å². The zero-order valence-electron chi connectivity index (χ0n) is 14.7. The van der Waals surface area contributed by atoms with Crippen LogP contribution in [0.3, 0.4) is 0 Å². The smallest absolute Gasteiger partial charge is 0.293 e. The Labute approximate surface area is 159 Å². The Morgan fingerprint density at radius 3 is 2.61 bits per heavy atom. The second-order valence-corrected chi connectivity index (χ2v) is 6.19. The van der Waals surface area contributed by atoms with Gasteiger partial charge in [-0.15, -0.1) is 0 Å². The van der Waals surface area contributed by atoms with Crippen molar-refractivity contribution in [1.82, 2.24) is 24.7 Å². The van der Waals surface area contributed by atoms with Crippen molar-refractivity contribution in [3.8, 4) is 11.3 Å². The number of aromatic nitrogens is 4. The van der Waals surface area contributed by atoms with Gasteiger partial charge in [0.15, 0.2) is 0 Å². The lowest BCUT2D eigenvalue weighted by Crippen LogP contribution is -2.34. The van der Waals surface area contributed by atoms with Crippen LogP contribution in [0, 0.1) is 5.82 Å². The molecule has 0 bridgehead atoms. The molecule has 0 spiro atoms. The number of hydrogen-bond acceptors (Lipinski definition) is 4. The molecule has 140 valence electrons. The van der Waals surface area contributed by atoms with E-state index in [9.17, 15) is 14.0 Å². The predicted molar refractivity (Wildman–Crippen MR) is 101 cm³/mol. The van der Waals surface area contributed by atoms with Gasteiger partial charge in [0.2, 0.25) is 5.91 Å². The standard InChI is InChI=1S/C20H16FN5O2/c21-16-9-5-4-8-15(16)11-22-19(27)12-25-20(28)18-10-17(24-26(18)13-23-25)14-6-2-1-3-7-14/h1-10,13H,11-12H2,(H,22,27). The van der Waals surface area contributed by atoms with E-state index in [0.717, 1.165) is 10.2 Å². The Morgan fingerprint density at radius 1 is 1.07 bits per heavy atom. The van der Waals surface area contributed by atoms with E-state index in [4.69, 9.17) is 0 Å². The summed E-state index contributed by atoms with van der Waals surface area (Å²) in [5, 5.41) is 10.9. The van der Waals surface area contributed by atoms with Gasteiger partial charge in [0.05, 0.1) is 5.69 Å². The minimum Gasteiger partial charge on any atom is -0.350 e. The fourth-order valence-corrected chi connectivity index (χ4v) is 2.83. The topological polar surface area (TPSA) is 81.3 Å². The van der Waals surface area contributed by atoms with Crippen LogP contribution in [0.1, 0.15) is 5.56 Å². The van der Waals surface area contributed by atoms with Crippen LogP contribution in [0.4, 0.5) is 4.39 Å². The molecule has 4 aromatic rings. The molecule has 4 rings (SSSR count). The minimum absolute atomic E-state index is 0.0351. The van der Waals surface area contributed by atoms with Gasteiger partial charge in [-0.2, -0.15) is 10.2 Å². The first-order valence-electron chi connectivity index (χ1n) is 8.63. The van der Waals surface area contributed by atoms with Gasteiger partial charge in [-0.1, -0.05) is 48.5 Å². The van der Waals surface area contributed by atoms with Crippen molar-refractivity contribution in [2.45, 2.75) is 13.1 Å². The molecule has 2 heterocycles. The highest BCUT2D eigenvalue weighted by Gasteiger charge is 2.12. The maximum Gasteiger partial charge on any atom is 0.293 e. The largest absolute Gasteiger partial charge is 0.350 e. The number of amides is 1. The van der Waals surface area contributed by atoms with Gasteiger partial charge in [-0.25, -0.2) is 13.6 Å². The second kappa shape index (κ2) is 7.43. The van der Waals surface area contributed by atoms with E-state index in [-0.39, 0.29) is 13.1 Å². The molecule has 7 nitrogen and oxygen atoms in total. The van der Waals surface area contributed by atoms with Gasteiger partial charge in [-0.05, 0) is 12.1 Å². The lowest BCUT2D eigenvalue weighted by molar-refractivity contribution is -0.122. The van der Waals surface area contributed by atoms with Gasteiger partial charge < -0.3 is 5.32 Å². The summed E-state index contributed by atoms with van der Waals surface area (Å²) >= 11 is 0. The highest BCUT2D eigenvalue weighted by Crippen LogP contribution is 2.17. The molecule has 0 saturated carbocycles. The Balaban J connectivity index is 1.52. The normalized spacial score (nSPS) is 10.9. The lowest BCUT2D eigenvalue weighted by Gasteiger charge is -2.07. The van der Waals surface area contributed by atoms with Gasteiger partial charge in [0.25, 0.3) is 5.56 Å². The Morgan fingerprint density at radius 2 is 1.82 bits per heavy atom. The van der Waals surface area contributed by atoms with Crippen molar-refractivity contribution in [2.24, 2.45) is 0 Å². The number of carbonyl (C=O) groups is 1.